The van der Waals surface area contributed by atoms with E-state index < -0.39 is 17.7 Å². The molecule has 4 rings (SSSR count). The summed E-state index contributed by atoms with van der Waals surface area (Å²) in [4.78, 5) is 35.8. The molecule has 3 aromatic rings. The lowest BCUT2D eigenvalue weighted by molar-refractivity contribution is -0.132. The molecule has 0 saturated carbocycles. The van der Waals surface area contributed by atoms with Crippen LogP contribution in [-0.4, -0.2) is 33.9 Å². The van der Waals surface area contributed by atoms with E-state index in [1.807, 2.05) is 11.4 Å². The first-order valence-electron chi connectivity index (χ1n) is 8.37. The van der Waals surface area contributed by atoms with E-state index in [9.17, 15) is 14.7 Å². The summed E-state index contributed by atoms with van der Waals surface area (Å²) in [6.45, 7) is 0. The monoisotopic (exact) mass is 393 g/mol. The Kier molecular flexibility index (Phi) is 4.62. The van der Waals surface area contributed by atoms with Gasteiger partial charge in [-0.1, -0.05) is 6.07 Å². The Morgan fingerprint density at radius 3 is 2.43 bits per heavy atom. The molecule has 8 heteroatoms. The number of anilines is 1. The summed E-state index contributed by atoms with van der Waals surface area (Å²) < 4.78 is 5.13. The fraction of sp³-hybridized carbons (Fsp3) is 0.100. The van der Waals surface area contributed by atoms with E-state index in [0.29, 0.717) is 11.3 Å². The fourth-order valence-corrected chi connectivity index (χ4v) is 3.90. The molecular formula is C20H15N3O4S. The minimum atomic E-state index is -0.801. The third-order valence-electron chi connectivity index (χ3n) is 4.39. The third-order valence-corrected chi connectivity index (χ3v) is 5.31. The Bertz CT molecular complexity index is 1050. The molecule has 7 nitrogen and oxygen atoms in total. The van der Waals surface area contributed by atoms with Crippen LogP contribution in [0.25, 0.3) is 5.76 Å². The summed E-state index contributed by atoms with van der Waals surface area (Å²) >= 11 is 1.38. The zero-order chi connectivity index (χ0) is 19.7. The molecule has 1 aliphatic heterocycles. The highest BCUT2D eigenvalue weighted by atomic mass is 32.1. The Labute approximate surface area is 164 Å². The van der Waals surface area contributed by atoms with Gasteiger partial charge in [0.25, 0.3) is 5.78 Å². The van der Waals surface area contributed by atoms with Crippen LogP contribution < -0.4 is 9.64 Å². The summed E-state index contributed by atoms with van der Waals surface area (Å²) in [5.41, 5.74) is 0.416. The van der Waals surface area contributed by atoms with Crippen LogP contribution in [0.5, 0.6) is 5.75 Å². The number of thiophene rings is 1. The second-order valence-corrected chi connectivity index (χ2v) is 6.94. The molecule has 1 amide bonds. The molecule has 0 unspecified atom stereocenters. The van der Waals surface area contributed by atoms with Crippen LogP contribution in [0.2, 0.25) is 0 Å². The van der Waals surface area contributed by atoms with E-state index in [2.05, 4.69) is 9.97 Å². The number of aliphatic hydroxyl groups excluding tert-OH is 1. The van der Waals surface area contributed by atoms with Crippen LogP contribution in [0.15, 0.2) is 65.8 Å². The highest BCUT2D eigenvalue weighted by Gasteiger charge is 2.48. The van der Waals surface area contributed by atoms with Gasteiger partial charge in [-0.2, -0.15) is 0 Å². The highest BCUT2D eigenvalue weighted by molar-refractivity contribution is 7.10. The summed E-state index contributed by atoms with van der Waals surface area (Å²) in [5, 5.41) is 12.8. The third kappa shape index (κ3) is 2.93. The number of ketones is 1. The number of amides is 1. The van der Waals surface area contributed by atoms with Crippen molar-refractivity contribution < 1.29 is 19.4 Å². The first-order valence-corrected chi connectivity index (χ1v) is 9.25. The number of carbonyl (C=O) groups is 2. The molecule has 1 fully saturated rings. The smallest absolute Gasteiger partial charge is 0.302 e. The van der Waals surface area contributed by atoms with Gasteiger partial charge in [0.2, 0.25) is 5.95 Å². The molecule has 1 atom stereocenters. The molecule has 1 aliphatic rings. The van der Waals surface area contributed by atoms with Crippen molar-refractivity contribution in [2.45, 2.75) is 6.04 Å². The minimum Gasteiger partial charge on any atom is -0.507 e. The van der Waals surface area contributed by atoms with E-state index in [1.54, 1.807) is 36.4 Å². The fourth-order valence-electron chi connectivity index (χ4n) is 3.07. The minimum absolute atomic E-state index is 0.00469. The van der Waals surface area contributed by atoms with Crippen molar-refractivity contribution in [3.63, 3.8) is 0 Å². The van der Waals surface area contributed by atoms with Gasteiger partial charge in [0.05, 0.1) is 12.7 Å². The quantitative estimate of drug-likeness (QED) is 0.416. The first kappa shape index (κ1) is 17.9. The summed E-state index contributed by atoms with van der Waals surface area (Å²) in [6.07, 6.45) is 2.99. The molecule has 1 N–H and O–H groups in total. The number of benzene rings is 1. The second kappa shape index (κ2) is 7.24. The van der Waals surface area contributed by atoms with Crippen LogP contribution in [-0.2, 0) is 9.59 Å². The standard InChI is InChI=1S/C20H15N3O4S/c1-27-13-7-5-12(6-8-13)17(24)15-16(14-4-2-11-28-14)23(19(26)18(15)25)20-21-9-3-10-22-20/h2-11,16,24H,1H3/t16-/m0/s1. The number of methoxy groups -OCH3 is 1. The van der Waals surface area contributed by atoms with Crippen molar-refractivity contribution in [2.75, 3.05) is 12.0 Å². The topological polar surface area (TPSA) is 92.6 Å². The number of carbonyl (C=O) groups excluding carboxylic acids is 2. The van der Waals surface area contributed by atoms with E-state index in [4.69, 9.17) is 4.74 Å². The number of hydrogen-bond donors (Lipinski definition) is 1. The summed E-state index contributed by atoms with van der Waals surface area (Å²) in [5.74, 6) is -1.09. The molecule has 0 radical (unpaired) electrons. The van der Waals surface area contributed by atoms with Crippen LogP contribution >= 0.6 is 11.3 Å². The zero-order valence-corrected chi connectivity index (χ0v) is 15.6. The molecule has 1 saturated heterocycles. The van der Waals surface area contributed by atoms with Crippen LogP contribution in [0.3, 0.4) is 0 Å². The van der Waals surface area contributed by atoms with Crippen molar-refractivity contribution in [1.29, 1.82) is 0 Å². The molecule has 0 aliphatic carbocycles. The molecule has 28 heavy (non-hydrogen) atoms. The van der Waals surface area contributed by atoms with Crippen molar-refractivity contribution in [3.05, 3.63) is 76.3 Å². The molecule has 0 spiro atoms. The van der Waals surface area contributed by atoms with Gasteiger partial charge in [-0.05, 0) is 41.8 Å². The van der Waals surface area contributed by atoms with Gasteiger partial charge in [0.1, 0.15) is 17.6 Å². The average molecular weight is 393 g/mol. The van der Waals surface area contributed by atoms with Gasteiger partial charge in [0, 0.05) is 22.8 Å². The number of aromatic nitrogens is 2. The maximum atomic E-state index is 12.8. The van der Waals surface area contributed by atoms with Crippen molar-refractivity contribution in [2.24, 2.45) is 0 Å². The van der Waals surface area contributed by atoms with Crippen molar-refractivity contribution >= 4 is 34.7 Å². The van der Waals surface area contributed by atoms with Crippen molar-refractivity contribution in [1.82, 2.24) is 9.97 Å². The van der Waals surface area contributed by atoms with Gasteiger partial charge in [-0.25, -0.2) is 9.97 Å². The lowest BCUT2D eigenvalue weighted by Crippen LogP contribution is -2.30. The molecule has 140 valence electrons. The Hall–Kier alpha value is -3.52. The van der Waals surface area contributed by atoms with E-state index in [1.165, 1.54) is 35.7 Å². The Morgan fingerprint density at radius 2 is 1.82 bits per heavy atom. The van der Waals surface area contributed by atoms with Crippen molar-refractivity contribution in [3.8, 4) is 5.75 Å². The summed E-state index contributed by atoms with van der Waals surface area (Å²) in [7, 11) is 1.54. The number of rotatable bonds is 4. The van der Waals surface area contributed by atoms with E-state index in [0.717, 1.165) is 4.88 Å². The van der Waals surface area contributed by atoms with Crippen LogP contribution in [0.4, 0.5) is 5.95 Å². The Morgan fingerprint density at radius 1 is 1.11 bits per heavy atom. The van der Waals surface area contributed by atoms with E-state index in [-0.39, 0.29) is 17.3 Å². The number of nitrogens with zero attached hydrogens (tertiary/aromatic N) is 3. The van der Waals surface area contributed by atoms with Gasteiger partial charge in [-0.3, -0.25) is 14.5 Å². The van der Waals surface area contributed by atoms with Crippen LogP contribution in [0.1, 0.15) is 16.5 Å². The highest BCUT2D eigenvalue weighted by Crippen LogP contribution is 2.42. The lowest BCUT2D eigenvalue weighted by Gasteiger charge is -2.21. The second-order valence-electron chi connectivity index (χ2n) is 5.96. The predicted molar refractivity (Wildman–Crippen MR) is 104 cm³/mol. The lowest BCUT2D eigenvalue weighted by atomic mass is 10.00. The predicted octanol–water partition coefficient (Wildman–Crippen LogP) is 3.17. The van der Waals surface area contributed by atoms with Crippen LogP contribution in [0, 0.1) is 0 Å². The maximum absolute atomic E-state index is 12.8. The SMILES string of the molecule is COc1ccc(C(O)=C2C(=O)C(=O)N(c3ncccn3)[C@H]2c2cccs2)cc1. The van der Waals surface area contributed by atoms with Gasteiger partial charge < -0.3 is 9.84 Å². The zero-order valence-electron chi connectivity index (χ0n) is 14.8. The van der Waals surface area contributed by atoms with E-state index >= 15 is 0 Å². The van der Waals surface area contributed by atoms with Gasteiger partial charge in [0.15, 0.2) is 0 Å². The van der Waals surface area contributed by atoms with Gasteiger partial charge >= 0.3 is 5.91 Å². The number of aliphatic hydroxyl groups is 1. The Balaban J connectivity index is 1.89. The first-order chi connectivity index (χ1) is 13.6. The molecule has 0 bridgehead atoms. The molecule has 2 aromatic heterocycles. The maximum Gasteiger partial charge on any atom is 0.302 e. The van der Waals surface area contributed by atoms with Gasteiger partial charge in [-0.15, -0.1) is 11.3 Å². The molecule has 3 heterocycles. The normalized spacial score (nSPS) is 18.5. The number of Topliss-reactive ketones (excluding diaryl/α,β-unsaturated/α-hetero) is 1. The number of ether oxygens (including phenoxy) is 1. The summed E-state index contributed by atoms with van der Waals surface area (Å²) in [6, 6.07) is 11.1. The largest absolute Gasteiger partial charge is 0.507 e. The molecule has 1 aromatic carbocycles. The number of hydrogen-bond acceptors (Lipinski definition) is 7. The average Bonchev–Trinajstić information content (AvgIpc) is 3.35. The molecular weight excluding hydrogens is 378 g/mol.